The van der Waals surface area contributed by atoms with Crippen molar-refractivity contribution < 1.29 is 14.4 Å². The Balaban J connectivity index is 1.31. The van der Waals surface area contributed by atoms with Crippen LogP contribution in [0.25, 0.3) is 0 Å². The number of anilines is 2. The zero-order chi connectivity index (χ0) is 20.7. The van der Waals surface area contributed by atoms with Gasteiger partial charge in [-0.2, -0.15) is 0 Å². The van der Waals surface area contributed by atoms with Gasteiger partial charge in [0.15, 0.2) is 0 Å². The Labute approximate surface area is 173 Å². The number of amides is 3. The van der Waals surface area contributed by atoms with Gasteiger partial charge in [-0.15, -0.1) is 0 Å². The van der Waals surface area contributed by atoms with Crippen molar-refractivity contribution >= 4 is 29.1 Å². The maximum atomic E-state index is 12.9. The fourth-order valence-corrected chi connectivity index (χ4v) is 4.29. The molecule has 0 spiro atoms. The van der Waals surface area contributed by atoms with Crippen molar-refractivity contribution in [3.63, 3.8) is 0 Å². The van der Waals surface area contributed by atoms with E-state index in [2.05, 4.69) is 26.5 Å². The summed E-state index contributed by atoms with van der Waals surface area (Å²) in [5.41, 5.74) is 8.37. The largest absolute Gasteiger partial charge is 0.327 e. The minimum Gasteiger partial charge on any atom is -0.327 e. The standard InChI is InChI=1S/C21H22N6O3/c28-19(17-11-16(25-26-17)15-4-1-2-8-22-15)23-12-6-7-14-13(10-12)21(30)27-9-3-5-18(27)20(29)24-14/h1-2,4,6-8,10,16-18,25-26H,3,5,9,11H2,(H,23,28)(H,24,29). The Bertz CT molecular complexity index is 1010. The number of carbonyl (C=O) groups is 3. The maximum absolute atomic E-state index is 12.9. The molecule has 0 radical (unpaired) electrons. The molecule has 3 amide bonds. The smallest absolute Gasteiger partial charge is 0.256 e. The molecule has 0 saturated carbocycles. The van der Waals surface area contributed by atoms with Crippen molar-refractivity contribution in [2.24, 2.45) is 0 Å². The number of carbonyl (C=O) groups excluding carboxylic acids is 3. The van der Waals surface area contributed by atoms with E-state index in [1.807, 2.05) is 18.2 Å². The lowest BCUT2D eigenvalue weighted by Crippen LogP contribution is -2.40. The van der Waals surface area contributed by atoms with Gasteiger partial charge in [0, 0.05) is 18.4 Å². The summed E-state index contributed by atoms with van der Waals surface area (Å²) in [6.45, 7) is 0.569. The van der Waals surface area contributed by atoms with Crippen LogP contribution < -0.4 is 21.5 Å². The molecule has 1 aromatic carbocycles. The quantitative estimate of drug-likeness (QED) is 0.609. The van der Waals surface area contributed by atoms with Crippen molar-refractivity contribution in [2.75, 3.05) is 17.2 Å². The molecule has 1 aromatic heterocycles. The summed E-state index contributed by atoms with van der Waals surface area (Å²) in [5.74, 6) is -0.541. The molecule has 154 valence electrons. The van der Waals surface area contributed by atoms with Gasteiger partial charge in [0.25, 0.3) is 5.91 Å². The number of hydrazine groups is 1. The predicted molar refractivity (Wildman–Crippen MR) is 109 cm³/mol. The van der Waals surface area contributed by atoms with E-state index in [0.29, 0.717) is 36.3 Å². The molecular weight excluding hydrogens is 384 g/mol. The van der Waals surface area contributed by atoms with Crippen molar-refractivity contribution in [1.29, 1.82) is 0 Å². The lowest BCUT2D eigenvalue weighted by molar-refractivity contribution is -0.119. The number of fused-ring (bicyclic) bond motifs is 2. The number of rotatable bonds is 3. The first-order valence-corrected chi connectivity index (χ1v) is 10.1. The number of benzene rings is 1. The fourth-order valence-electron chi connectivity index (χ4n) is 4.29. The van der Waals surface area contributed by atoms with Crippen molar-refractivity contribution in [3.8, 4) is 0 Å². The van der Waals surface area contributed by atoms with Crippen LogP contribution in [0.5, 0.6) is 0 Å². The van der Waals surface area contributed by atoms with E-state index in [-0.39, 0.29) is 23.8 Å². The van der Waals surface area contributed by atoms with Crippen molar-refractivity contribution in [1.82, 2.24) is 20.7 Å². The van der Waals surface area contributed by atoms with Crippen molar-refractivity contribution in [2.45, 2.75) is 37.4 Å². The molecule has 9 nitrogen and oxygen atoms in total. The third-order valence-corrected chi connectivity index (χ3v) is 5.86. The molecule has 3 atom stereocenters. The molecule has 2 aromatic rings. The first-order chi connectivity index (χ1) is 14.6. The molecule has 5 rings (SSSR count). The average molecular weight is 406 g/mol. The van der Waals surface area contributed by atoms with E-state index >= 15 is 0 Å². The number of pyridine rings is 1. The Kier molecular flexibility index (Phi) is 4.68. The predicted octanol–water partition coefficient (Wildman–Crippen LogP) is 1.18. The number of hydrogen-bond donors (Lipinski definition) is 4. The molecule has 3 unspecified atom stereocenters. The van der Waals surface area contributed by atoms with Gasteiger partial charge in [0.2, 0.25) is 11.8 Å². The Morgan fingerprint density at radius 1 is 1.17 bits per heavy atom. The van der Waals surface area contributed by atoms with Crippen molar-refractivity contribution in [3.05, 3.63) is 53.9 Å². The van der Waals surface area contributed by atoms with E-state index in [1.165, 1.54) is 0 Å². The van der Waals surface area contributed by atoms with Gasteiger partial charge in [-0.3, -0.25) is 19.4 Å². The number of nitrogens with zero attached hydrogens (tertiary/aromatic N) is 2. The topological polar surface area (TPSA) is 115 Å². The van der Waals surface area contributed by atoms with E-state index in [0.717, 1.165) is 12.1 Å². The van der Waals surface area contributed by atoms with Crippen LogP contribution in [0, 0.1) is 0 Å². The highest BCUT2D eigenvalue weighted by molar-refractivity contribution is 6.11. The zero-order valence-corrected chi connectivity index (χ0v) is 16.2. The Hall–Kier alpha value is -3.30. The summed E-state index contributed by atoms with van der Waals surface area (Å²) in [4.78, 5) is 44.0. The molecule has 2 saturated heterocycles. The van der Waals surface area contributed by atoms with E-state index in [1.54, 1.807) is 29.3 Å². The maximum Gasteiger partial charge on any atom is 0.256 e. The second kappa shape index (κ2) is 7.51. The van der Waals surface area contributed by atoms with Crippen LogP contribution in [0.3, 0.4) is 0 Å². The lowest BCUT2D eigenvalue weighted by Gasteiger charge is -2.20. The Morgan fingerprint density at radius 2 is 2.07 bits per heavy atom. The molecular formula is C21H22N6O3. The second-order valence-corrected chi connectivity index (χ2v) is 7.78. The molecule has 0 bridgehead atoms. The summed E-state index contributed by atoms with van der Waals surface area (Å²) in [6, 6.07) is 9.76. The number of hydrogen-bond acceptors (Lipinski definition) is 6. The average Bonchev–Trinajstić information content (AvgIpc) is 3.43. The first kappa shape index (κ1) is 18.7. The molecule has 0 aliphatic carbocycles. The highest BCUT2D eigenvalue weighted by Crippen LogP contribution is 2.30. The van der Waals surface area contributed by atoms with Crippen LogP contribution in [-0.2, 0) is 9.59 Å². The van der Waals surface area contributed by atoms with E-state index in [9.17, 15) is 14.4 Å². The van der Waals surface area contributed by atoms with Gasteiger partial charge in [0.05, 0.1) is 23.0 Å². The highest BCUT2D eigenvalue weighted by Gasteiger charge is 2.38. The molecule has 3 aliphatic heterocycles. The van der Waals surface area contributed by atoms with Gasteiger partial charge >= 0.3 is 0 Å². The van der Waals surface area contributed by atoms with Gasteiger partial charge < -0.3 is 15.5 Å². The second-order valence-electron chi connectivity index (χ2n) is 7.78. The van der Waals surface area contributed by atoms with Gasteiger partial charge in [-0.25, -0.2) is 10.9 Å². The normalized spacial score (nSPS) is 25.3. The summed E-state index contributed by atoms with van der Waals surface area (Å²) in [6.07, 6.45) is 3.76. The SMILES string of the molecule is O=C(Nc1ccc2c(c1)C(=O)N1CCCC1C(=O)N2)C1CC(c2ccccn2)NN1. The molecule has 3 aliphatic rings. The molecule has 4 N–H and O–H groups in total. The summed E-state index contributed by atoms with van der Waals surface area (Å²) >= 11 is 0. The highest BCUT2D eigenvalue weighted by atomic mass is 16.2. The van der Waals surface area contributed by atoms with Gasteiger partial charge in [0.1, 0.15) is 12.1 Å². The van der Waals surface area contributed by atoms with Crippen LogP contribution >= 0.6 is 0 Å². The van der Waals surface area contributed by atoms with Gasteiger partial charge in [-0.05, 0) is 49.6 Å². The monoisotopic (exact) mass is 406 g/mol. The molecule has 9 heteroatoms. The third-order valence-electron chi connectivity index (χ3n) is 5.86. The van der Waals surface area contributed by atoms with Crippen LogP contribution in [-0.4, -0.2) is 46.2 Å². The van der Waals surface area contributed by atoms with Crippen LogP contribution in [0.15, 0.2) is 42.6 Å². The van der Waals surface area contributed by atoms with Gasteiger partial charge in [-0.1, -0.05) is 6.07 Å². The fraction of sp³-hybridized carbons (Fsp3) is 0.333. The van der Waals surface area contributed by atoms with E-state index in [4.69, 9.17) is 0 Å². The zero-order valence-electron chi connectivity index (χ0n) is 16.2. The number of nitrogens with one attached hydrogen (secondary N) is 4. The third kappa shape index (κ3) is 3.31. The minimum atomic E-state index is -0.436. The first-order valence-electron chi connectivity index (χ1n) is 10.1. The lowest BCUT2D eigenvalue weighted by atomic mass is 10.1. The molecule has 2 fully saturated rings. The summed E-state index contributed by atoms with van der Waals surface area (Å²) in [7, 11) is 0. The molecule has 30 heavy (non-hydrogen) atoms. The molecule has 4 heterocycles. The number of aromatic nitrogens is 1. The van der Waals surface area contributed by atoms with Crippen LogP contribution in [0.1, 0.15) is 41.4 Å². The Morgan fingerprint density at radius 3 is 2.90 bits per heavy atom. The van der Waals surface area contributed by atoms with Crippen LogP contribution in [0.4, 0.5) is 11.4 Å². The van der Waals surface area contributed by atoms with Crippen LogP contribution in [0.2, 0.25) is 0 Å². The summed E-state index contributed by atoms with van der Waals surface area (Å²) in [5, 5.41) is 5.71. The summed E-state index contributed by atoms with van der Waals surface area (Å²) < 4.78 is 0. The minimum absolute atomic E-state index is 0.0575. The van der Waals surface area contributed by atoms with E-state index < -0.39 is 12.1 Å².